The summed E-state index contributed by atoms with van der Waals surface area (Å²) in [6.45, 7) is 3.08. The quantitative estimate of drug-likeness (QED) is 0.527. The van der Waals surface area contributed by atoms with E-state index in [9.17, 15) is 19.2 Å². The average Bonchev–Trinajstić information content (AvgIpc) is 3.38. The zero-order valence-corrected chi connectivity index (χ0v) is 17.5. The predicted octanol–water partition coefficient (Wildman–Crippen LogP) is 2.31. The molecule has 2 aromatic rings. The van der Waals surface area contributed by atoms with Gasteiger partial charge in [-0.05, 0) is 38.1 Å². The number of esters is 1. The number of furan rings is 1. The lowest BCUT2D eigenvalue weighted by atomic mass is 10.00. The van der Waals surface area contributed by atoms with Crippen molar-refractivity contribution in [2.45, 2.75) is 25.9 Å². The van der Waals surface area contributed by atoms with E-state index in [1.54, 1.807) is 50.2 Å². The van der Waals surface area contributed by atoms with E-state index in [0.29, 0.717) is 11.4 Å². The SMILES string of the molecule is CCOC(=O)C1=C(CN2C(=O)[C@H](C)N(c3ccccc3)C2=O)NC(=O)N[C@H]1c1ccco1. The molecular formula is C22H22N4O6. The Hall–Kier alpha value is -4.08. The molecule has 0 bridgehead atoms. The lowest BCUT2D eigenvalue weighted by Gasteiger charge is -2.29. The van der Waals surface area contributed by atoms with Gasteiger partial charge in [-0.1, -0.05) is 18.2 Å². The summed E-state index contributed by atoms with van der Waals surface area (Å²) in [5.41, 5.74) is 0.730. The van der Waals surface area contributed by atoms with E-state index in [2.05, 4.69) is 10.6 Å². The van der Waals surface area contributed by atoms with E-state index < -0.39 is 36.0 Å². The van der Waals surface area contributed by atoms with Gasteiger partial charge in [-0.25, -0.2) is 14.4 Å². The topological polar surface area (TPSA) is 121 Å². The van der Waals surface area contributed by atoms with Crippen LogP contribution in [0, 0.1) is 0 Å². The summed E-state index contributed by atoms with van der Waals surface area (Å²) in [5, 5.41) is 5.19. The first-order valence-corrected chi connectivity index (χ1v) is 10.1. The molecule has 166 valence electrons. The third-order valence-electron chi connectivity index (χ3n) is 5.27. The van der Waals surface area contributed by atoms with Crippen molar-refractivity contribution < 1.29 is 28.3 Å². The molecule has 10 nitrogen and oxygen atoms in total. The number of para-hydroxylation sites is 1. The summed E-state index contributed by atoms with van der Waals surface area (Å²) in [4.78, 5) is 53.6. The van der Waals surface area contributed by atoms with Gasteiger partial charge in [0, 0.05) is 5.69 Å². The van der Waals surface area contributed by atoms with Crippen molar-refractivity contribution in [1.29, 1.82) is 0 Å². The fourth-order valence-electron chi connectivity index (χ4n) is 3.81. The minimum Gasteiger partial charge on any atom is -0.467 e. The molecule has 1 saturated heterocycles. The van der Waals surface area contributed by atoms with Crippen LogP contribution >= 0.6 is 0 Å². The van der Waals surface area contributed by atoms with E-state index in [4.69, 9.17) is 9.15 Å². The number of nitrogens with one attached hydrogen (secondary N) is 2. The van der Waals surface area contributed by atoms with E-state index >= 15 is 0 Å². The number of benzene rings is 1. The van der Waals surface area contributed by atoms with Crippen molar-refractivity contribution in [1.82, 2.24) is 15.5 Å². The van der Waals surface area contributed by atoms with Crippen LogP contribution in [0.3, 0.4) is 0 Å². The van der Waals surface area contributed by atoms with Crippen LogP contribution in [-0.4, -0.2) is 48.0 Å². The zero-order chi connectivity index (χ0) is 22.8. The van der Waals surface area contributed by atoms with E-state index in [1.807, 2.05) is 6.07 Å². The second-order valence-electron chi connectivity index (χ2n) is 7.25. The molecule has 0 aliphatic carbocycles. The van der Waals surface area contributed by atoms with Crippen molar-refractivity contribution in [3.05, 3.63) is 65.8 Å². The van der Waals surface area contributed by atoms with E-state index in [-0.39, 0.29) is 24.4 Å². The number of nitrogens with zero attached hydrogens (tertiary/aromatic N) is 2. The molecule has 10 heteroatoms. The highest BCUT2D eigenvalue weighted by molar-refractivity contribution is 6.14. The first-order chi connectivity index (χ1) is 15.4. The fourth-order valence-corrected chi connectivity index (χ4v) is 3.81. The predicted molar refractivity (Wildman–Crippen MR) is 112 cm³/mol. The second-order valence-corrected chi connectivity index (χ2v) is 7.25. The maximum absolute atomic E-state index is 13.1. The molecule has 3 heterocycles. The summed E-state index contributed by atoms with van der Waals surface area (Å²) < 4.78 is 10.6. The Balaban J connectivity index is 1.72. The van der Waals surface area contributed by atoms with Crippen molar-refractivity contribution in [3.63, 3.8) is 0 Å². The number of anilines is 1. The summed E-state index contributed by atoms with van der Waals surface area (Å²) in [5.74, 6) is -0.820. The minimum absolute atomic E-state index is 0.0628. The van der Waals surface area contributed by atoms with Gasteiger partial charge in [-0.15, -0.1) is 0 Å². The van der Waals surface area contributed by atoms with E-state index in [0.717, 1.165) is 4.90 Å². The van der Waals surface area contributed by atoms with Gasteiger partial charge in [0.2, 0.25) is 0 Å². The van der Waals surface area contributed by atoms with Crippen LogP contribution in [0.1, 0.15) is 25.6 Å². The Morgan fingerprint density at radius 3 is 2.53 bits per heavy atom. The van der Waals surface area contributed by atoms with Crippen LogP contribution in [0.5, 0.6) is 0 Å². The molecule has 2 N–H and O–H groups in total. The molecule has 1 aromatic carbocycles. The van der Waals surface area contributed by atoms with Crippen molar-refractivity contribution in [3.8, 4) is 0 Å². The molecule has 0 saturated carbocycles. The van der Waals surface area contributed by atoms with E-state index in [1.165, 1.54) is 11.2 Å². The molecule has 4 rings (SSSR count). The highest BCUT2D eigenvalue weighted by Gasteiger charge is 2.45. The minimum atomic E-state index is -0.928. The summed E-state index contributed by atoms with van der Waals surface area (Å²) in [7, 11) is 0. The Morgan fingerprint density at radius 2 is 1.88 bits per heavy atom. The van der Waals surface area contributed by atoms with Gasteiger partial charge in [0.05, 0.1) is 30.7 Å². The lowest BCUT2D eigenvalue weighted by molar-refractivity contribution is -0.139. The van der Waals surface area contributed by atoms with Gasteiger partial charge in [-0.2, -0.15) is 0 Å². The van der Waals surface area contributed by atoms with Gasteiger partial charge in [0.1, 0.15) is 17.8 Å². The molecule has 0 radical (unpaired) electrons. The Labute approximate surface area is 183 Å². The van der Waals surface area contributed by atoms with Crippen LogP contribution in [0.2, 0.25) is 0 Å². The van der Waals surface area contributed by atoms with Crippen molar-refractivity contribution in [2.75, 3.05) is 18.1 Å². The number of amides is 5. The standard InChI is InChI=1S/C22H22N4O6/c1-3-31-20(28)17-15(23-21(29)24-18(17)16-10-7-11-32-16)12-25-19(27)13(2)26(22(25)30)14-8-5-4-6-9-14/h4-11,13,18H,3,12H2,1-2H3,(H2,23,24,29)/t13-,18-/m0/s1. The monoisotopic (exact) mass is 438 g/mol. The van der Waals surface area contributed by atoms with Crippen LogP contribution in [-0.2, 0) is 14.3 Å². The second kappa shape index (κ2) is 8.58. The largest absolute Gasteiger partial charge is 0.467 e. The lowest BCUT2D eigenvalue weighted by Crippen LogP contribution is -2.49. The Kier molecular flexibility index (Phi) is 5.67. The Bertz CT molecular complexity index is 1080. The number of imide groups is 1. The molecule has 1 fully saturated rings. The zero-order valence-electron chi connectivity index (χ0n) is 17.5. The molecule has 0 spiro atoms. The third kappa shape index (κ3) is 3.70. The maximum atomic E-state index is 13.1. The molecule has 32 heavy (non-hydrogen) atoms. The van der Waals surface area contributed by atoms with Crippen molar-refractivity contribution in [2.24, 2.45) is 0 Å². The van der Waals surface area contributed by atoms with Crippen molar-refractivity contribution >= 4 is 29.6 Å². The highest BCUT2D eigenvalue weighted by atomic mass is 16.5. The maximum Gasteiger partial charge on any atom is 0.338 e. The van der Waals surface area contributed by atoms with Crippen LogP contribution in [0.25, 0.3) is 0 Å². The molecule has 2 aliphatic rings. The fraction of sp³-hybridized carbons (Fsp3) is 0.273. The molecule has 5 amide bonds. The molecular weight excluding hydrogens is 416 g/mol. The van der Waals surface area contributed by atoms with Gasteiger partial charge >= 0.3 is 18.0 Å². The number of carbonyl (C=O) groups excluding carboxylic acids is 4. The normalized spacial score (nSPS) is 21.0. The molecule has 2 aliphatic heterocycles. The van der Waals surface area contributed by atoms with Gasteiger partial charge < -0.3 is 19.8 Å². The summed E-state index contributed by atoms with van der Waals surface area (Å²) in [6, 6.07) is 9.23. The molecule has 1 aromatic heterocycles. The first-order valence-electron chi connectivity index (χ1n) is 10.1. The highest BCUT2D eigenvalue weighted by Crippen LogP contribution is 2.31. The average molecular weight is 438 g/mol. The van der Waals surface area contributed by atoms with Gasteiger partial charge in [0.25, 0.3) is 5.91 Å². The molecule has 0 unspecified atom stereocenters. The third-order valence-corrected chi connectivity index (χ3v) is 5.27. The summed E-state index contributed by atoms with van der Waals surface area (Å²) >= 11 is 0. The number of hydrogen-bond acceptors (Lipinski definition) is 6. The van der Waals surface area contributed by atoms with Gasteiger partial charge in [-0.3, -0.25) is 14.6 Å². The number of rotatable bonds is 6. The van der Waals surface area contributed by atoms with Crippen LogP contribution in [0.15, 0.2) is 64.4 Å². The smallest absolute Gasteiger partial charge is 0.338 e. The number of hydrogen-bond donors (Lipinski definition) is 2. The van der Waals surface area contributed by atoms with Gasteiger partial charge in [0.15, 0.2) is 0 Å². The number of carbonyl (C=O) groups is 4. The number of ether oxygens (including phenoxy) is 1. The van der Waals surface area contributed by atoms with Crippen LogP contribution in [0.4, 0.5) is 15.3 Å². The van der Waals surface area contributed by atoms with Crippen LogP contribution < -0.4 is 15.5 Å². The molecule has 2 atom stereocenters. The Morgan fingerprint density at radius 1 is 1.12 bits per heavy atom. The first kappa shape index (κ1) is 21.2. The number of urea groups is 2. The summed E-state index contributed by atoms with van der Waals surface area (Å²) in [6.07, 6.45) is 1.42.